The fourth-order valence-corrected chi connectivity index (χ4v) is 4.77. The molecule has 0 aliphatic carbocycles. The molecule has 0 saturated carbocycles. The Morgan fingerprint density at radius 1 is 1.07 bits per heavy atom. The summed E-state index contributed by atoms with van der Waals surface area (Å²) >= 11 is 6.37. The standard InChI is InChI=1S/C21H24N2O4S2/c1-3-5-6-9-12-22-15-11-8-7-10-14(15)17(19(22)25)18-20(26)23(21(28)29-18)13-16(24)27-4-2/h7-8,10-11H,3-6,9,12-13H2,1-2H3/b18-17-. The molecule has 1 saturated heterocycles. The van der Waals surface area contributed by atoms with Crippen LogP contribution < -0.4 is 4.90 Å². The average molecular weight is 433 g/mol. The van der Waals surface area contributed by atoms with Crippen LogP contribution in [0.4, 0.5) is 5.69 Å². The zero-order valence-electron chi connectivity index (χ0n) is 16.6. The van der Waals surface area contributed by atoms with Gasteiger partial charge in [0.05, 0.1) is 22.8 Å². The maximum Gasteiger partial charge on any atom is 0.326 e. The Morgan fingerprint density at radius 3 is 2.55 bits per heavy atom. The molecule has 154 valence electrons. The number of anilines is 1. The Hall–Kier alpha value is -2.19. The Kier molecular flexibility index (Phi) is 7.08. The number of hydrogen-bond donors (Lipinski definition) is 0. The van der Waals surface area contributed by atoms with Crippen LogP contribution in [-0.2, 0) is 19.1 Å². The second-order valence-electron chi connectivity index (χ2n) is 6.80. The molecule has 0 N–H and O–H groups in total. The van der Waals surface area contributed by atoms with Crippen molar-refractivity contribution in [3.63, 3.8) is 0 Å². The third-order valence-corrected chi connectivity index (χ3v) is 6.28. The molecule has 0 aromatic heterocycles. The van der Waals surface area contributed by atoms with E-state index in [-0.39, 0.29) is 28.3 Å². The molecule has 0 unspecified atom stereocenters. The average Bonchev–Trinajstić information content (AvgIpc) is 3.13. The zero-order chi connectivity index (χ0) is 21.0. The first kappa shape index (κ1) is 21.5. The van der Waals surface area contributed by atoms with Crippen LogP contribution in [0.5, 0.6) is 0 Å². The van der Waals surface area contributed by atoms with E-state index < -0.39 is 11.9 Å². The summed E-state index contributed by atoms with van der Waals surface area (Å²) in [6.07, 6.45) is 4.21. The van der Waals surface area contributed by atoms with Crippen molar-refractivity contribution in [2.45, 2.75) is 39.5 Å². The van der Waals surface area contributed by atoms with Crippen LogP contribution in [0.2, 0.25) is 0 Å². The molecule has 2 aliphatic rings. The number of thioether (sulfide) groups is 1. The van der Waals surface area contributed by atoms with Crippen molar-refractivity contribution in [3.05, 3.63) is 34.7 Å². The molecule has 8 heteroatoms. The van der Waals surface area contributed by atoms with Crippen LogP contribution in [0.1, 0.15) is 45.1 Å². The van der Waals surface area contributed by atoms with Crippen LogP contribution in [0.3, 0.4) is 0 Å². The van der Waals surface area contributed by atoms with E-state index in [2.05, 4.69) is 6.92 Å². The number of hydrogen-bond acceptors (Lipinski definition) is 6. The lowest BCUT2D eigenvalue weighted by Crippen LogP contribution is -2.34. The number of rotatable bonds is 8. The van der Waals surface area contributed by atoms with Crippen LogP contribution >= 0.6 is 24.0 Å². The number of benzene rings is 1. The molecule has 0 radical (unpaired) electrons. The smallest absolute Gasteiger partial charge is 0.326 e. The first-order valence-corrected chi connectivity index (χ1v) is 11.1. The summed E-state index contributed by atoms with van der Waals surface area (Å²) in [6, 6.07) is 7.50. The van der Waals surface area contributed by atoms with Gasteiger partial charge < -0.3 is 9.64 Å². The highest BCUT2D eigenvalue weighted by molar-refractivity contribution is 8.26. The first-order valence-electron chi connectivity index (χ1n) is 9.84. The van der Waals surface area contributed by atoms with E-state index in [1.54, 1.807) is 11.8 Å². The second-order valence-corrected chi connectivity index (χ2v) is 8.45. The van der Waals surface area contributed by atoms with Gasteiger partial charge in [-0.15, -0.1) is 0 Å². The second kappa shape index (κ2) is 9.54. The van der Waals surface area contributed by atoms with Crippen molar-refractivity contribution in [1.29, 1.82) is 0 Å². The largest absolute Gasteiger partial charge is 0.465 e. The molecule has 1 aromatic rings. The predicted molar refractivity (Wildman–Crippen MR) is 118 cm³/mol. The van der Waals surface area contributed by atoms with E-state index in [9.17, 15) is 14.4 Å². The van der Waals surface area contributed by atoms with Gasteiger partial charge in [0.1, 0.15) is 10.9 Å². The lowest BCUT2D eigenvalue weighted by atomic mass is 10.1. The number of ether oxygens (including phenoxy) is 1. The molecule has 6 nitrogen and oxygen atoms in total. The van der Waals surface area contributed by atoms with E-state index in [1.165, 1.54) is 4.90 Å². The molecule has 0 spiro atoms. The Morgan fingerprint density at radius 2 is 1.83 bits per heavy atom. The SMILES string of the molecule is CCCCCCN1C(=O)/C(=C2\SC(=S)N(CC(=O)OCC)C2=O)c2ccccc21. The van der Waals surface area contributed by atoms with Crippen molar-refractivity contribution in [2.24, 2.45) is 0 Å². The summed E-state index contributed by atoms with van der Waals surface area (Å²) in [5.41, 5.74) is 1.93. The minimum atomic E-state index is -0.522. The molecule has 1 fully saturated rings. The number of esters is 1. The van der Waals surface area contributed by atoms with Crippen molar-refractivity contribution in [2.75, 3.05) is 24.6 Å². The highest BCUT2D eigenvalue weighted by atomic mass is 32.2. The molecule has 3 rings (SSSR count). The number of para-hydroxylation sites is 1. The van der Waals surface area contributed by atoms with Gasteiger partial charge in [0, 0.05) is 12.1 Å². The molecular weight excluding hydrogens is 408 g/mol. The first-order chi connectivity index (χ1) is 14.0. The molecule has 29 heavy (non-hydrogen) atoms. The van der Waals surface area contributed by atoms with Crippen LogP contribution in [0.25, 0.3) is 5.57 Å². The fraction of sp³-hybridized carbons (Fsp3) is 0.429. The van der Waals surface area contributed by atoms with Gasteiger partial charge in [-0.05, 0) is 19.4 Å². The molecule has 2 amide bonds. The molecule has 2 aliphatic heterocycles. The van der Waals surface area contributed by atoms with Crippen molar-refractivity contribution >= 4 is 57.3 Å². The number of carbonyl (C=O) groups excluding carboxylic acids is 3. The number of thiocarbonyl (C=S) groups is 1. The van der Waals surface area contributed by atoms with Gasteiger partial charge in [0.25, 0.3) is 11.8 Å². The third kappa shape index (κ3) is 4.38. The van der Waals surface area contributed by atoms with Gasteiger partial charge in [0.2, 0.25) is 0 Å². The lowest BCUT2D eigenvalue weighted by Gasteiger charge is -2.16. The van der Waals surface area contributed by atoms with Crippen molar-refractivity contribution in [3.8, 4) is 0 Å². The number of nitrogens with zero attached hydrogens (tertiary/aromatic N) is 2. The molecule has 0 bridgehead atoms. The van der Waals surface area contributed by atoms with E-state index >= 15 is 0 Å². The van der Waals surface area contributed by atoms with Gasteiger partial charge in [-0.1, -0.05) is 68.4 Å². The monoisotopic (exact) mass is 432 g/mol. The van der Waals surface area contributed by atoms with Gasteiger partial charge in [-0.25, -0.2) is 0 Å². The number of fused-ring (bicyclic) bond motifs is 1. The van der Waals surface area contributed by atoms with Gasteiger partial charge >= 0.3 is 5.97 Å². The van der Waals surface area contributed by atoms with Crippen LogP contribution in [0, 0.1) is 0 Å². The van der Waals surface area contributed by atoms with Crippen molar-refractivity contribution in [1.82, 2.24) is 4.90 Å². The normalized spacial score (nSPS) is 18.6. The molecule has 0 atom stereocenters. The van der Waals surface area contributed by atoms with E-state index in [1.807, 2.05) is 24.3 Å². The quantitative estimate of drug-likeness (QED) is 0.270. The lowest BCUT2D eigenvalue weighted by molar-refractivity contribution is -0.145. The summed E-state index contributed by atoms with van der Waals surface area (Å²) in [4.78, 5) is 41.3. The highest BCUT2D eigenvalue weighted by Gasteiger charge is 2.42. The number of carbonyl (C=O) groups is 3. The van der Waals surface area contributed by atoms with Crippen molar-refractivity contribution < 1.29 is 19.1 Å². The Bertz CT molecular complexity index is 881. The van der Waals surface area contributed by atoms with Gasteiger partial charge in [-0.3, -0.25) is 19.3 Å². The molecule has 1 aromatic carbocycles. The highest BCUT2D eigenvalue weighted by Crippen LogP contribution is 2.44. The minimum absolute atomic E-state index is 0.181. The summed E-state index contributed by atoms with van der Waals surface area (Å²) in [5.74, 6) is -1.12. The van der Waals surface area contributed by atoms with Gasteiger partial charge in [-0.2, -0.15) is 0 Å². The summed E-state index contributed by atoms with van der Waals surface area (Å²) in [7, 11) is 0. The number of amides is 2. The Balaban J connectivity index is 1.90. The maximum atomic E-state index is 13.2. The summed E-state index contributed by atoms with van der Waals surface area (Å²) in [6.45, 7) is 4.45. The van der Waals surface area contributed by atoms with E-state index in [4.69, 9.17) is 17.0 Å². The maximum absolute atomic E-state index is 13.2. The Labute approximate surface area is 180 Å². The van der Waals surface area contributed by atoms with E-state index in [0.29, 0.717) is 12.1 Å². The summed E-state index contributed by atoms with van der Waals surface area (Å²) < 4.78 is 5.19. The molecule has 2 heterocycles. The van der Waals surface area contributed by atoms with Gasteiger partial charge in [0.15, 0.2) is 0 Å². The summed E-state index contributed by atoms with van der Waals surface area (Å²) in [5, 5.41) is 0. The van der Waals surface area contributed by atoms with E-state index in [0.717, 1.165) is 48.7 Å². The predicted octanol–water partition coefficient (Wildman–Crippen LogP) is 3.75. The minimum Gasteiger partial charge on any atom is -0.465 e. The van der Waals surface area contributed by atoms with Crippen LogP contribution in [-0.4, -0.2) is 46.7 Å². The molecular formula is C21H24N2O4S2. The zero-order valence-corrected chi connectivity index (χ0v) is 18.2. The number of unbranched alkanes of at least 4 members (excludes halogenated alkanes) is 3. The topological polar surface area (TPSA) is 66.9 Å². The van der Waals surface area contributed by atoms with Crippen LogP contribution in [0.15, 0.2) is 29.2 Å². The third-order valence-electron chi connectivity index (χ3n) is 4.83. The fourth-order valence-electron chi connectivity index (χ4n) is 3.44.